The number of anilines is 1. The summed E-state index contributed by atoms with van der Waals surface area (Å²) >= 11 is 3.29. The molecule has 96 valence electrons. The van der Waals surface area contributed by atoms with Crippen LogP contribution in [0.4, 0.5) is 5.69 Å². The Labute approximate surface area is 116 Å². The zero-order valence-corrected chi connectivity index (χ0v) is 11.5. The van der Waals surface area contributed by atoms with Crippen molar-refractivity contribution in [3.05, 3.63) is 33.9 Å². The van der Waals surface area contributed by atoms with Crippen LogP contribution in [0.1, 0.15) is 17.1 Å². The highest BCUT2D eigenvalue weighted by atomic mass is 79.9. The van der Waals surface area contributed by atoms with Crippen LogP contribution < -0.4 is 5.73 Å². The third kappa shape index (κ3) is 2.14. The fraction of sp³-hybridized carbons (Fsp3) is 0.182. The SMILES string of the molecule is Cc1nc2nonc2c(N)c1Cc1ncc(Br)cn1. The normalized spacial score (nSPS) is 11.1. The van der Waals surface area contributed by atoms with Crippen molar-refractivity contribution in [3.63, 3.8) is 0 Å². The number of aryl methyl sites for hydroxylation is 1. The summed E-state index contributed by atoms with van der Waals surface area (Å²) < 4.78 is 5.47. The highest BCUT2D eigenvalue weighted by molar-refractivity contribution is 9.10. The van der Waals surface area contributed by atoms with Crippen molar-refractivity contribution in [2.24, 2.45) is 0 Å². The van der Waals surface area contributed by atoms with E-state index in [-0.39, 0.29) is 0 Å². The standard InChI is InChI=1S/C11H9BrN6O/c1-5-7(2-8-14-3-6(12)4-15-8)9(13)10-11(16-5)18-19-17-10/h3-4H,2,13H2,1H3. The molecule has 0 fully saturated rings. The third-order valence-corrected chi connectivity index (χ3v) is 3.18. The number of nitrogens with zero attached hydrogens (tertiary/aromatic N) is 5. The maximum Gasteiger partial charge on any atom is 0.226 e. The van der Waals surface area contributed by atoms with Gasteiger partial charge in [-0.05, 0) is 33.2 Å². The van der Waals surface area contributed by atoms with E-state index in [9.17, 15) is 0 Å². The number of pyridine rings is 1. The largest absolute Gasteiger partial charge is 0.396 e. The molecule has 0 saturated heterocycles. The minimum atomic E-state index is 0.412. The van der Waals surface area contributed by atoms with Crippen LogP contribution in [0.5, 0.6) is 0 Å². The van der Waals surface area contributed by atoms with Crippen LogP contribution in [0, 0.1) is 6.92 Å². The number of fused-ring (bicyclic) bond motifs is 1. The van der Waals surface area contributed by atoms with Crippen molar-refractivity contribution in [3.8, 4) is 0 Å². The molecule has 0 atom stereocenters. The lowest BCUT2D eigenvalue weighted by molar-refractivity contribution is 0.315. The lowest BCUT2D eigenvalue weighted by Gasteiger charge is -2.07. The Morgan fingerprint density at radius 2 is 2.00 bits per heavy atom. The minimum Gasteiger partial charge on any atom is -0.396 e. The highest BCUT2D eigenvalue weighted by Gasteiger charge is 2.15. The molecule has 3 rings (SSSR count). The van der Waals surface area contributed by atoms with Crippen molar-refractivity contribution in [1.82, 2.24) is 25.3 Å². The van der Waals surface area contributed by atoms with E-state index in [2.05, 4.69) is 45.8 Å². The fourth-order valence-corrected chi connectivity index (χ4v) is 2.01. The summed E-state index contributed by atoms with van der Waals surface area (Å²) in [6.07, 6.45) is 3.87. The lowest BCUT2D eigenvalue weighted by Crippen LogP contribution is -2.04. The number of hydrogen-bond donors (Lipinski definition) is 1. The van der Waals surface area contributed by atoms with Gasteiger partial charge in [-0.2, -0.15) is 0 Å². The van der Waals surface area contributed by atoms with Crippen LogP contribution in [-0.2, 0) is 6.42 Å². The predicted molar refractivity (Wildman–Crippen MR) is 71.3 cm³/mol. The van der Waals surface area contributed by atoms with Crippen LogP contribution in [-0.4, -0.2) is 25.3 Å². The molecule has 0 bridgehead atoms. The number of aromatic nitrogens is 5. The molecule has 0 unspecified atom stereocenters. The van der Waals surface area contributed by atoms with Gasteiger partial charge in [0.25, 0.3) is 0 Å². The summed E-state index contributed by atoms with van der Waals surface area (Å²) in [4.78, 5) is 12.7. The summed E-state index contributed by atoms with van der Waals surface area (Å²) in [5, 5.41) is 7.44. The molecule has 0 spiro atoms. The van der Waals surface area contributed by atoms with Gasteiger partial charge in [-0.3, -0.25) is 0 Å². The van der Waals surface area contributed by atoms with Gasteiger partial charge in [-0.15, -0.1) is 0 Å². The van der Waals surface area contributed by atoms with Gasteiger partial charge >= 0.3 is 0 Å². The molecule has 0 aromatic carbocycles. The van der Waals surface area contributed by atoms with Crippen molar-refractivity contribution in [1.29, 1.82) is 0 Å². The van der Waals surface area contributed by atoms with Gasteiger partial charge < -0.3 is 5.73 Å². The van der Waals surface area contributed by atoms with E-state index < -0.39 is 0 Å². The Balaban J connectivity index is 2.06. The van der Waals surface area contributed by atoms with Crippen molar-refractivity contribution < 1.29 is 4.63 Å². The Morgan fingerprint density at radius 3 is 2.74 bits per heavy atom. The van der Waals surface area contributed by atoms with Gasteiger partial charge in [-0.25, -0.2) is 19.6 Å². The van der Waals surface area contributed by atoms with Crippen LogP contribution in [0.2, 0.25) is 0 Å². The number of nitrogens with two attached hydrogens (primary N) is 1. The zero-order valence-electron chi connectivity index (χ0n) is 9.96. The maximum absolute atomic E-state index is 6.07. The van der Waals surface area contributed by atoms with E-state index in [4.69, 9.17) is 5.73 Å². The summed E-state index contributed by atoms with van der Waals surface area (Å²) in [5.41, 5.74) is 9.08. The van der Waals surface area contributed by atoms with Gasteiger partial charge in [0.1, 0.15) is 5.82 Å². The number of hydrogen-bond acceptors (Lipinski definition) is 7. The first-order chi connectivity index (χ1) is 9.15. The Bertz CT molecular complexity index is 739. The molecule has 0 aliphatic carbocycles. The van der Waals surface area contributed by atoms with E-state index in [0.29, 0.717) is 29.1 Å². The Hall–Kier alpha value is -2.09. The van der Waals surface area contributed by atoms with Crippen LogP contribution in [0.25, 0.3) is 11.2 Å². The van der Waals surface area contributed by atoms with Crippen LogP contribution in [0.3, 0.4) is 0 Å². The number of rotatable bonds is 2. The number of nitrogen functional groups attached to an aromatic ring is 1. The maximum atomic E-state index is 6.07. The first-order valence-corrected chi connectivity index (χ1v) is 6.28. The molecular weight excluding hydrogens is 312 g/mol. The molecule has 7 nitrogen and oxygen atoms in total. The summed E-state index contributed by atoms with van der Waals surface area (Å²) in [6.45, 7) is 1.86. The average molecular weight is 321 g/mol. The second-order valence-electron chi connectivity index (χ2n) is 4.02. The molecule has 2 N–H and O–H groups in total. The third-order valence-electron chi connectivity index (χ3n) is 2.77. The first-order valence-electron chi connectivity index (χ1n) is 5.49. The molecule has 0 aliphatic heterocycles. The highest BCUT2D eigenvalue weighted by Crippen LogP contribution is 2.24. The molecule has 0 saturated carbocycles. The second kappa shape index (κ2) is 4.54. The number of halogens is 1. The Morgan fingerprint density at radius 1 is 1.26 bits per heavy atom. The predicted octanol–water partition coefficient (Wildman–Crippen LogP) is 1.65. The summed E-state index contributed by atoms with van der Waals surface area (Å²) in [5.74, 6) is 0.663. The fourth-order valence-electron chi connectivity index (χ4n) is 1.80. The van der Waals surface area contributed by atoms with E-state index in [1.54, 1.807) is 12.4 Å². The quantitative estimate of drug-likeness (QED) is 0.765. The molecule has 0 aliphatic rings. The van der Waals surface area contributed by atoms with Gasteiger partial charge in [0.15, 0.2) is 5.52 Å². The summed E-state index contributed by atoms with van der Waals surface area (Å²) in [7, 11) is 0. The molecular formula is C11H9BrN6O. The van der Waals surface area contributed by atoms with Gasteiger partial charge in [-0.1, -0.05) is 0 Å². The van der Waals surface area contributed by atoms with Gasteiger partial charge in [0.05, 0.1) is 10.2 Å². The first kappa shape index (κ1) is 12.0. The lowest BCUT2D eigenvalue weighted by atomic mass is 10.1. The Kier molecular flexibility index (Phi) is 2.86. The van der Waals surface area contributed by atoms with Crippen molar-refractivity contribution >= 4 is 32.8 Å². The van der Waals surface area contributed by atoms with E-state index in [1.165, 1.54) is 0 Å². The smallest absolute Gasteiger partial charge is 0.226 e. The molecule has 0 radical (unpaired) electrons. The molecule has 3 heterocycles. The van der Waals surface area contributed by atoms with Crippen molar-refractivity contribution in [2.45, 2.75) is 13.3 Å². The second-order valence-corrected chi connectivity index (χ2v) is 4.94. The monoisotopic (exact) mass is 320 g/mol. The van der Waals surface area contributed by atoms with Gasteiger partial charge in [0.2, 0.25) is 5.65 Å². The van der Waals surface area contributed by atoms with E-state index >= 15 is 0 Å². The molecule has 3 aromatic rings. The molecule has 19 heavy (non-hydrogen) atoms. The molecule has 3 aromatic heterocycles. The molecule has 0 amide bonds. The summed E-state index contributed by atoms with van der Waals surface area (Å²) in [6, 6.07) is 0. The topological polar surface area (TPSA) is 104 Å². The zero-order chi connectivity index (χ0) is 13.4. The van der Waals surface area contributed by atoms with E-state index in [0.717, 1.165) is 15.7 Å². The van der Waals surface area contributed by atoms with Gasteiger partial charge in [0, 0.05) is 30.1 Å². The average Bonchev–Trinajstić information content (AvgIpc) is 2.85. The minimum absolute atomic E-state index is 0.412. The van der Waals surface area contributed by atoms with Crippen LogP contribution >= 0.6 is 15.9 Å². The van der Waals surface area contributed by atoms with Crippen LogP contribution in [0.15, 0.2) is 21.5 Å². The van der Waals surface area contributed by atoms with Crippen molar-refractivity contribution in [2.75, 3.05) is 5.73 Å². The molecule has 8 heteroatoms. The van der Waals surface area contributed by atoms with E-state index in [1.807, 2.05) is 6.92 Å².